The Morgan fingerprint density at radius 3 is 0.380 bits per heavy atom. The molecule has 9 nitrogen and oxygen atoms in total. The number of unbranched alkanes of at least 4 members (excludes halogenated alkanes) is 72. The van der Waals surface area contributed by atoms with Crippen LogP contribution in [0.2, 0.25) is 0 Å². The van der Waals surface area contributed by atoms with Crippen LogP contribution < -0.4 is 14.7 Å². The molecule has 0 aliphatic rings. The summed E-state index contributed by atoms with van der Waals surface area (Å²) in [5, 5.41) is 0. The topological polar surface area (TPSA) is 148 Å². The molecule has 0 saturated carbocycles. The summed E-state index contributed by atoms with van der Waals surface area (Å²) in [5.41, 5.74) is 0. The molecule has 0 saturated heterocycles. The van der Waals surface area contributed by atoms with E-state index in [0.717, 1.165) is 96.3 Å². The van der Waals surface area contributed by atoms with Crippen LogP contribution in [0, 0.1) is 0 Å². The first-order valence-electron chi connectivity index (χ1n) is 53.6. The Labute approximate surface area is 769 Å². The number of rotatable bonds is 99. The van der Waals surface area contributed by atoms with Gasteiger partial charge in [0.2, 0.25) is 0 Å². The fourth-order valence-corrected chi connectivity index (χ4v) is 19.0. The Kier molecular flexibility index (Phi) is 117. The van der Waals surface area contributed by atoms with Crippen LogP contribution in [0.5, 0.6) is 0 Å². The van der Waals surface area contributed by atoms with Gasteiger partial charge in [0.25, 0.3) is 0 Å². The van der Waals surface area contributed by atoms with Crippen LogP contribution in [0.3, 0.4) is 0 Å². The van der Waals surface area contributed by atoms with E-state index in [1.807, 2.05) is 0 Å². The van der Waals surface area contributed by atoms with Gasteiger partial charge in [0.05, 0.1) is 19.8 Å². The van der Waals surface area contributed by atoms with Crippen molar-refractivity contribution in [1.29, 1.82) is 0 Å². The zero-order valence-electron chi connectivity index (χ0n) is 82.0. The predicted octanol–water partition coefficient (Wildman–Crippen LogP) is 37.9. The zero-order chi connectivity index (χ0) is 87.7. The maximum Gasteiger partial charge on any atom is 3.00 e. The molecule has 0 spiro atoms. The van der Waals surface area contributed by atoms with Gasteiger partial charge in [-0.2, -0.15) is 0 Å². The van der Waals surface area contributed by atoms with Crippen LogP contribution >= 0.6 is 22.8 Å². The van der Waals surface area contributed by atoms with E-state index in [-0.39, 0.29) is 35.8 Å². The molecule has 13 heteroatoms. The molecule has 0 heterocycles. The van der Waals surface area contributed by atoms with Gasteiger partial charge in [0.15, 0.2) is 0 Å². The maximum atomic E-state index is 12.1. The SMILES string of the molecule is CCCCCCCC/C=C\CCCCCCCCOP(=O)([O-])CCCCCCCC/C=C\CCCCCCCC.CCCCCCCC/C=C\CCCCCCCCOP(=O)([O-])CCCCCCCC/C=C\CCCCCCCC.CCCCCCCC/C=C\CCCCCCCCOP(=O)([O-])CCCCCCCC/C=C\CCCCCCCC.[Cr+3]. The minimum Gasteiger partial charge on any atom is -0.778 e. The molecule has 0 fully saturated rings. The summed E-state index contributed by atoms with van der Waals surface area (Å²) >= 11 is 0. The summed E-state index contributed by atoms with van der Waals surface area (Å²) in [6.07, 6.45) is 134. The molecular formula is C108H210CrO9P3. The molecule has 1 radical (unpaired) electrons. The van der Waals surface area contributed by atoms with Gasteiger partial charge in [-0.05, 0) is 193 Å². The Hall–Kier alpha value is -0.578. The Morgan fingerprint density at radius 2 is 0.256 bits per heavy atom. The number of allylic oxidation sites excluding steroid dienone is 12. The molecule has 3 unspecified atom stereocenters. The van der Waals surface area contributed by atoms with E-state index in [1.54, 1.807) is 0 Å². The second kappa shape index (κ2) is 112. The van der Waals surface area contributed by atoms with Crippen LogP contribution in [0.25, 0.3) is 0 Å². The van der Waals surface area contributed by atoms with Gasteiger partial charge >= 0.3 is 17.4 Å². The third-order valence-corrected chi connectivity index (χ3v) is 28.0. The molecule has 0 aromatic heterocycles. The van der Waals surface area contributed by atoms with Gasteiger partial charge in [-0.3, -0.25) is 0 Å². The zero-order valence-corrected chi connectivity index (χ0v) is 86.0. The molecule has 0 aromatic rings. The van der Waals surface area contributed by atoms with E-state index in [2.05, 4.69) is 114 Å². The van der Waals surface area contributed by atoms with Crippen molar-refractivity contribution in [3.8, 4) is 0 Å². The molecule has 0 amide bonds. The van der Waals surface area contributed by atoms with Gasteiger partial charge < -0.3 is 41.9 Å². The average Bonchev–Trinajstić information content (AvgIpc) is 0.951. The standard InChI is InChI=1S/3C36H71O3P.Cr/c3*1-3-5-7-9-11-13-15-17-19-21-23-25-27-29-31-33-35-39-40(37,38)36-34-32-30-28-26-24-22-20-18-16-14-12-10-8-6-4-2;/h3*17-20H,3-16,21-36H2,1-2H3,(H,37,38);/q;;;+3/p-3/b3*19-17-,20-18-;. The fraction of sp³-hybridized carbons (Fsp3) is 0.889. The third-order valence-electron chi connectivity index (χ3n) is 23.7. The first-order valence-corrected chi connectivity index (χ1v) is 58.8. The Balaban J connectivity index is -0.000000845. The van der Waals surface area contributed by atoms with Crippen molar-refractivity contribution in [3.05, 3.63) is 72.9 Å². The van der Waals surface area contributed by atoms with Crippen molar-refractivity contribution in [2.75, 3.05) is 38.3 Å². The summed E-state index contributed by atoms with van der Waals surface area (Å²) in [7, 11) is -10.9. The molecule has 121 heavy (non-hydrogen) atoms. The predicted molar refractivity (Wildman–Crippen MR) is 532 cm³/mol. The quantitative estimate of drug-likeness (QED) is 0.0330. The first kappa shape index (κ1) is 127. The van der Waals surface area contributed by atoms with E-state index >= 15 is 0 Å². The van der Waals surface area contributed by atoms with Gasteiger partial charge in [0, 0.05) is 18.5 Å². The van der Waals surface area contributed by atoms with Crippen molar-refractivity contribution in [3.63, 3.8) is 0 Å². The molecule has 3 atom stereocenters. The summed E-state index contributed by atoms with van der Waals surface area (Å²) < 4.78 is 52.2. The second-order valence-electron chi connectivity index (χ2n) is 36.1. The summed E-state index contributed by atoms with van der Waals surface area (Å²) in [5.74, 6) is 0. The summed E-state index contributed by atoms with van der Waals surface area (Å²) in [6, 6.07) is 0. The summed E-state index contributed by atoms with van der Waals surface area (Å²) in [6.45, 7) is 14.7. The van der Waals surface area contributed by atoms with Gasteiger partial charge in [0.1, 0.15) is 22.8 Å². The summed E-state index contributed by atoms with van der Waals surface area (Å²) in [4.78, 5) is 36.4. The normalized spacial score (nSPS) is 13.5. The smallest absolute Gasteiger partial charge is 0.778 e. The minimum atomic E-state index is -3.64. The van der Waals surface area contributed by atoms with Crippen LogP contribution in [-0.4, -0.2) is 38.3 Å². The van der Waals surface area contributed by atoms with Crippen molar-refractivity contribution in [2.24, 2.45) is 0 Å². The molecule has 0 bridgehead atoms. The molecule has 0 N–H and O–H groups in total. The van der Waals surface area contributed by atoms with Crippen LogP contribution in [0.4, 0.5) is 0 Å². The fourth-order valence-electron chi connectivity index (χ4n) is 15.5. The van der Waals surface area contributed by atoms with Gasteiger partial charge in [-0.1, -0.05) is 461 Å². The second-order valence-corrected chi connectivity index (χ2v) is 41.9. The van der Waals surface area contributed by atoms with E-state index < -0.39 is 22.8 Å². The minimum absolute atomic E-state index is 0. The largest absolute Gasteiger partial charge is 3.00 e. The average molecular weight is 1800 g/mol. The van der Waals surface area contributed by atoms with E-state index in [0.29, 0.717) is 19.8 Å². The molecule has 0 aromatic carbocycles. The van der Waals surface area contributed by atoms with Crippen LogP contribution in [0.15, 0.2) is 72.9 Å². The van der Waals surface area contributed by atoms with Gasteiger partial charge in [-0.15, -0.1) is 0 Å². The third kappa shape index (κ3) is 121. The molecule has 0 aliphatic carbocycles. The van der Waals surface area contributed by atoms with E-state index in [1.165, 1.54) is 443 Å². The molecular weight excluding hydrogens is 1590 g/mol. The van der Waals surface area contributed by atoms with Crippen molar-refractivity contribution >= 4 is 22.8 Å². The Morgan fingerprint density at radius 1 is 0.157 bits per heavy atom. The van der Waals surface area contributed by atoms with Crippen LogP contribution in [0.1, 0.15) is 581 Å². The van der Waals surface area contributed by atoms with Crippen molar-refractivity contribution in [1.82, 2.24) is 0 Å². The van der Waals surface area contributed by atoms with Gasteiger partial charge in [-0.25, -0.2) is 0 Å². The Bertz CT molecular complexity index is 2010. The first-order chi connectivity index (χ1) is 58.9. The van der Waals surface area contributed by atoms with Crippen molar-refractivity contribution in [2.45, 2.75) is 581 Å². The molecule has 0 rings (SSSR count). The van der Waals surface area contributed by atoms with Crippen LogP contribution in [-0.2, 0) is 44.6 Å². The molecule has 717 valence electrons. The number of hydrogen-bond acceptors (Lipinski definition) is 9. The maximum absolute atomic E-state index is 12.1. The van der Waals surface area contributed by atoms with Crippen molar-refractivity contribution < 1.29 is 59.3 Å². The van der Waals surface area contributed by atoms with E-state index in [9.17, 15) is 28.4 Å². The molecule has 0 aliphatic heterocycles. The monoisotopic (exact) mass is 1800 g/mol. The van der Waals surface area contributed by atoms with E-state index in [4.69, 9.17) is 13.6 Å². The number of hydrogen-bond donors (Lipinski definition) is 0.